The highest BCUT2D eigenvalue weighted by atomic mass is 15.0. The smallest absolute Gasteiger partial charge is 0.00695 e. The van der Waals surface area contributed by atoms with E-state index in [2.05, 4.69) is 19.2 Å². The third kappa shape index (κ3) is 8.13. The van der Waals surface area contributed by atoms with Crippen LogP contribution in [-0.4, -0.2) is 12.1 Å². The van der Waals surface area contributed by atoms with Crippen molar-refractivity contribution in [3.05, 3.63) is 0 Å². The van der Waals surface area contributed by atoms with Crippen molar-refractivity contribution < 1.29 is 0 Å². The Hall–Kier alpha value is -0.0400. The Morgan fingerprint density at radius 3 is 2.06 bits per heavy atom. The van der Waals surface area contributed by atoms with Crippen molar-refractivity contribution in [3.8, 4) is 0 Å². The van der Waals surface area contributed by atoms with Crippen LogP contribution in [0.15, 0.2) is 0 Å². The van der Waals surface area contributed by atoms with Crippen LogP contribution in [0.2, 0.25) is 0 Å². The first-order valence-corrected chi connectivity index (χ1v) is 8.59. The lowest BCUT2D eigenvalue weighted by atomic mass is 9.95. The minimum absolute atomic E-state index is 0.766. The van der Waals surface area contributed by atoms with Gasteiger partial charge in [0.15, 0.2) is 0 Å². The van der Waals surface area contributed by atoms with Gasteiger partial charge in [-0.15, -0.1) is 0 Å². The van der Waals surface area contributed by atoms with E-state index in [0.29, 0.717) is 0 Å². The van der Waals surface area contributed by atoms with Gasteiger partial charge in [0.1, 0.15) is 0 Å². The van der Waals surface area contributed by atoms with Gasteiger partial charge in [-0.05, 0) is 26.2 Å². The van der Waals surface area contributed by atoms with Gasteiger partial charge in [0.05, 0.1) is 0 Å². The maximum Gasteiger partial charge on any atom is 0.00695 e. The molecule has 108 valence electrons. The molecule has 2 atom stereocenters. The number of hydrogen-bond acceptors (Lipinski definition) is 1. The first-order valence-electron chi connectivity index (χ1n) is 8.59. The van der Waals surface area contributed by atoms with Crippen molar-refractivity contribution in [3.63, 3.8) is 0 Å². The lowest BCUT2D eigenvalue weighted by molar-refractivity contribution is 0.314. The Kier molecular flexibility index (Phi) is 9.65. The summed E-state index contributed by atoms with van der Waals surface area (Å²) in [4.78, 5) is 0. The zero-order valence-corrected chi connectivity index (χ0v) is 12.8. The van der Waals surface area contributed by atoms with Gasteiger partial charge in [0, 0.05) is 12.1 Å². The fourth-order valence-corrected chi connectivity index (χ4v) is 3.17. The lowest BCUT2D eigenvalue weighted by Gasteiger charge is -2.28. The van der Waals surface area contributed by atoms with Gasteiger partial charge < -0.3 is 5.32 Å². The average molecular weight is 253 g/mol. The van der Waals surface area contributed by atoms with Gasteiger partial charge in [-0.3, -0.25) is 0 Å². The highest BCUT2D eigenvalue weighted by Gasteiger charge is 2.16. The monoisotopic (exact) mass is 253 g/mol. The Bertz CT molecular complexity index is 178. The van der Waals surface area contributed by atoms with Gasteiger partial charge in [-0.2, -0.15) is 0 Å². The second-order valence-corrected chi connectivity index (χ2v) is 6.31. The molecule has 0 unspecified atom stereocenters. The molecule has 0 saturated carbocycles. The summed E-state index contributed by atoms with van der Waals surface area (Å²) in [6, 6.07) is 1.60. The normalized spacial score (nSPS) is 24.3. The van der Waals surface area contributed by atoms with E-state index in [9.17, 15) is 0 Å². The number of piperidine rings is 1. The highest BCUT2D eigenvalue weighted by Crippen LogP contribution is 2.18. The minimum atomic E-state index is 0.766. The topological polar surface area (TPSA) is 12.0 Å². The third-order valence-electron chi connectivity index (χ3n) is 4.37. The van der Waals surface area contributed by atoms with Crippen LogP contribution in [0.25, 0.3) is 0 Å². The summed E-state index contributed by atoms with van der Waals surface area (Å²) in [5, 5.41) is 3.74. The molecule has 1 heterocycles. The summed E-state index contributed by atoms with van der Waals surface area (Å²) < 4.78 is 0. The van der Waals surface area contributed by atoms with E-state index >= 15 is 0 Å². The molecule has 1 fully saturated rings. The summed E-state index contributed by atoms with van der Waals surface area (Å²) in [6.45, 7) is 4.63. The second kappa shape index (κ2) is 10.8. The van der Waals surface area contributed by atoms with Gasteiger partial charge in [0.2, 0.25) is 0 Å². The Morgan fingerprint density at radius 2 is 1.44 bits per heavy atom. The summed E-state index contributed by atoms with van der Waals surface area (Å²) in [5.74, 6) is 0. The maximum absolute atomic E-state index is 3.74. The van der Waals surface area contributed by atoms with E-state index in [-0.39, 0.29) is 0 Å². The van der Waals surface area contributed by atoms with E-state index in [4.69, 9.17) is 0 Å². The van der Waals surface area contributed by atoms with Gasteiger partial charge in [0.25, 0.3) is 0 Å². The molecule has 0 aromatic rings. The largest absolute Gasteiger partial charge is 0.312 e. The van der Waals surface area contributed by atoms with E-state index in [1.54, 1.807) is 0 Å². The molecule has 1 saturated heterocycles. The van der Waals surface area contributed by atoms with E-state index in [1.807, 2.05) is 0 Å². The average Bonchev–Trinajstić information content (AvgIpc) is 2.37. The molecular formula is C17H35N. The van der Waals surface area contributed by atoms with Crippen LogP contribution in [0.4, 0.5) is 0 Å². The number of nitrogens with one attached hydrogen (secondary N) is 1. The van der Waals surface area contributed by atoms with Crippen molar-refractivity contribution in [2.45, 2.75) is 109 Å². The molecule has 0 aromatic carbocycles. The van der Waals surface area contributed by atoms with E-state index in [0.717, 1.165) is 12.1 Å². The predicted octanol–water partition coefficient (Wildman–Crippen LogP) is 5.44. The summed E-state index contributed by atoms with van der Waals surface area (Å²) >= 11 is 0. The predicted molar refractivity (Wildman–Crippen MR) is 82.1 cm³/mol. The van der Waals surface area contributed by atoms with Crippen LogP contribution in [0, 0.1) is 0 Å². The summed E-state index contributed by atoms with van der Waals surface area (Å²) in [6.07, 6.45) is 18.7. The van der Waals surface area contributed by atoms with E-state index in [1.165, 1.54) is 83.5 Å². The number of hydrogen-bond donors (Lipinski definition) is 1. The standard InChI is InChI=1S/C17H35N/c1-3-4-5-6-7-8-9-10-11-14-17-15-12-13-16(2)18-17/h16-18H,3-15H2,1-2H3/t16-,17-/m0/s1. The van der Waals surface area contributed by atoms with Gasteiger partial charge in [-0.25, -0.2) is 0 Å². The second-order valence-electron chi connectivity index (χ2n) is 6.31. The van der Waals surface area contributed by atoms with Crippen molar-refractivity contribution in [1.29, 1.82) is 0 Å². The van der Waals surface area contributed by atoms with Crippen LogP contribution in [0.1, 0.15) is 97.3 Å². The Balaban J connectivity index is 1.80. The molecule has 0 spiro atoms. The van der Waals surface area contributed by atoms with Crippen molar-refractivity contribution >= 4 is 0 Å². The molecule has 0 radical (unpaired) electrons. The van der Waals surface area contributed by atoms with E-state index < -0.39 is 0 Å². The molecule has 1 rings (SSSR count). The number of rotatable bonds is 10. The maximum atomic E-state index is 3.74. The Labute approximate surface area is 115 Å². The SMILES string of the molecule is CCCCCCCCCCC[C@H]1CCC[C@H](C)N1. The molecule has 0 amide bonds. The molecule has 1 heteroatoms. The Morgan fingerprint density at radius 1 is 0.833 bits per heavy atom. The lowest BCUT2D eigenvalue weighted by Crippen LogP contribution is -2.40. The highest BCUT2D eigenvalue weighted by molar-refractivity contribution is 4.77. The molecule has 1 aliphatic rings. The first kappa shape index (κ1) is 16.0. The minimum Gasteiger partial charge on any atom is -0.312 e. The third-order valence-corrected chi connectivity index (χ3v) is 4.37. The first-order chi connectivity index (χ1) is 8.83. The number of unbranched alkanes of at least 4 members (excludes halogenated alkanes) is 8. The molecule has 0 bridgehead atoms. The fourth-order valence-electron chi connectivity index (χ4n) is 3.17. The molecule has 18 heavy (non-hydrogen) atoms. The molecule has 1 aliphatic heterocycles. The van der Waals surface area contributed by atoms with Gasteiger partial charge in [-0.1, -0.05) is 71.1 Å². The van der Waals surface area contributed by atoms with Crippen LogP contribution in [0.5, 0.6) is 0 Å². The van der Waals surface area contributed by atoms with Crippen molar-refractivity contribution in [2.75, 3.05) is 0 Å². The van der Waals surface area contributed by atoms with Crippen LogP contribution in [0.3, 0.4) is 0 Å². The zero-order valence-electron chi connectivity index (χ0n) is 12.8. The van der Waals surface area contributed by atoms with Crippen molar-refractivity contribution in [1.82, 2.24) is 5.32 Å². The van der Waals surface area contributed by atoms with Crippen LogP contribution < -0.4 is 5.32 Å². The molecule has 0 aromatic heterocycles. The molecule has 1 N–H and O–H groups in total. The van der Waals surface area contributed by atoms with Crippen LogP contribution >= 0.6 is 0 Å². The zero-order chi connectivity index (χ0) is 13.1. The summed E-state index contributed by atoms with van der Waals surface area (Å²) in [7, 11) is 0. The van der Waals surface area contributed by atoms with Gasteiger partial charge >= 0.3 is 0 Å². The molecule has 1 nitrogen and oxygen atoms in total. The summed E-state index contributed by atoms with van der Waals surface area (Å²) in [5.41, 5.74) is 0. The van der Waals surface area contributed by atoms with Crippen molar-refractivity contribution in [2.24, 2.45) is 0 Å². The van der Waals surface area contributed by atoms with Crippen LogP contribution in [-0.2, 0) is 0 Å². The molecular weight excluding hydrogens is 218 g/mol. The fraction of sp³-hybridized carbons (Fsp3) is 1.00. The quantitative estimate of drug-likeness (QED) is 0.511. The molecule has 0 aliphatic carbocycles.